The van der Waals surface area contributed by atoms with Gasteiger partial charge in [-0.05, 0) is 57.0 Å². The van der Waals surface area contributed by atoms with Crippen molar-refractivity contribution < 1.29 is 33.1 Å². The van der Waals surface area contributed by atoms with Crippen LogP contribution in [0.3, 0.4) is 0 Å². The van der Waals surface area contributed by atoms with Gasteiger partial charge in [0.15, 0.2) is 11.5 Å². The predicted molar refractivity (Wildman–Crippen MR) is 153 cm³/mol. The molecule has 2 unspecified atom stereocenters. The summed E-state index contributed by atoms with van der Waals surface area (Å²) >= 11 is 0. The molecule has 1 saturated carbocycles. The number of nitrogens with one attached hydrogen (secondary N) is 2. The molecule has 2 aromatic carbocycles. The lowest BCUT2D eigenvalue weighted by molar-refractivity contribution is -0.145. The average Bonchev–Trinajstić information content (AvgIpc) is 3.48. The summed E-state index contributed by atoms with van der Waals surface area (Å²) in [6, 6.07) is 14.0. The molecule has 5 rings (SSSR count). The number of hydrogen-bond donors (Lipinski definition) is 4. The van der Waals surface area contributed by atoms with Gasteiger partial charge in [-0.25, -0.2) is 8.78 Å². The number of carbonyl (C=O) groups excluding carboxylic acids is 1. The summed E-state index contributed by atoms with van der Waals surface area (Å²) in [4.78, 5) is 26.6. The van der Waals surface area contributed by atoms with Gasteiger partial charge >= 0.3 is 5.97 Å². The second kappa shape index (κ2) is 15.0. The Kier molecular flexibility index (Phi) is 11.2. The van der Waals surface area contributed by atoms with E-state index in [2.05, 4.69) is 40.1 Å². The number of likely N-dealkylation sites (tertiary alicyclic amines) is 1. The number of aromatic nitrogens is 1. The average molecular weight is 585 g/mol. The number of amides is 1. The summed E-state index contributed by atoms with van der Waals surface area (Å²) < 4.78 is 32.1. The van der Waals surface area contributed by atoms with Crippen LogP contribution in [0.2, 0.25) is 0 Å². The lowest BCUT2D eigenvalue weighted by Crippen LogP contribution is -2.58. The molecular formula is C31H38F2N4O5. The Bertz CT molecular complexity index is 1320. The molecule has 1 saturated heterocycles. The van der Waals surface area contributed by atoms with Gasteiger partial charge < -0.3 is 25.4 Å². The Morgan fingerprint density at radius 2 is 1.83 bits per heavy atom. The molecule has 9 nitrogen and oxygen atoms in total. The van der Waals surface area contributed by atoms with E-state index in [1.54, 1.807) is 0 Å². The van der Waals surface area contributed by atoms with Crippen molar-refractivity contribution in [3.63, 3.8) is 0 Å². The van der Waals surface area contributed by atoms with Crippen LogP contribution in [0, 0.1) is 17.6 Å². The molecule has 3 aromatic rings. The molecule has 1 aliphatic heterocycles. The summed E-state index contributed by atoms with van der Waals surface area (Å²) in [6.07, 6.45) is 4.56. The fourth-order valence-corrected chi connectivity index (χ4v) is 5.57. The number of rotatable bonds is 8. The van der Waals surface area contributed by atoms with Crippen LogP contribution in [0.5, 0.6) is 0 Å². The number of aliphatic carboxylic acids is 1. The normalized spacial score (nSPS) is 22.6. The minimum Gasteiger partial charge on any atom is -0.481 e. The zero-order valence-corrected chi connectivity index (χ0v) is 23.6. The minimum absolute atomic E-state index is 0.0384. The largest absolute Gasteiger partial charge is 0.481 e. The summed E-state index contributed by atoms with van der Waals surface area (Å²) in [6.45, 7) is 1.85. The van der Waals surface area contributed by atoms with Gasteiger partial charge in [0, 0.05) is 37.3 Å². The highest BCUT2D eigenvalue weighted by Crippen LogP contribution is 2.29. The van der Waals surface area contributed by atoms with Crippen molar-refractivity contribution in [2.24, 2.45) is 5.92 Å². The van der Waals surface area contributed by atoms with Crippen molar-refractivity contribution in [1.82, 2.24) is 20.7 Å². The van der Waals surface area contributed by atoms with Gasteiger partial charge in [-0.15, -0.1) is 0 Å². The van der Waals surface area contributed by atoms with E-state index in [-0.39, 0.29) is 29.6 Å². The number of hydrogen-bond acceptors (Lipinski definition) is 7. The van der Waals surface area contributed by atoms with Gasteiger partial charge in [0.2, 0.25) is 0 Å². The molecule has 4 atom stereocenters. The third-order valence-corrected chi connectivity index (χ3v) is 7.89. The van der Waals surface area contributed by atoms with Crippen LogP contribution in [-0.2, 0) is 11.2 Å². The zero-order valence-electron chi connectivity index (χ0n) is 23.6. The first-order chi connectivity index (χ1) is 20.3. The monoisotopic (exact) mass is 584 g/mol. The van der Waals surface area contributed by atoms with Crippen LogP contribution in [0.1, 0.15) is 48.2 Å². The number of carboxylic acids is 1. The lowest BCUT2D eigenvalue weighted by Gasteiger charge is -2.43. The molecule has 0 spiro atoms. The molecule has 2 heterocycles. The Morgan fingerprint density at radius 1 is 1.07 bits per heavy atom. The molecule has 42 heavy (non-hydrogen) atoms. The number of carboxylic acid groups (broad SMARTS) is 1. The standard InChI is InChI=1S/C22H25F2N3O5.C9H13N/c23-12-5-6-13(15(24)9-12)20-10-17(26-32-20)21(29)25-16-7-8-27(11-14(16)22(30)31)18-3-1-2-4-19(18)28;1-10-8-7-9-5-3-2-4-6-9/h5-6,9-10,14,16,18-19,28H,1-4,7-8,11H2,(H,25,29)(H,30,31);2-6,10H,7-8H2,1H3/t14-,16-,18?,19?;/m1./s1. The van der Waals surface area contributed by atoms with Crippen LogP contribution in [0.15, 0.2) is 59.1 Å². The van der Waals surface area contributed by atoms with E-state index < -0.39 is 41.6 Å². The van der Waals surface area contributed by atoms with Gasteiger partial charge in [0.1, 0.15) is 11.6 Å². The summed E-state index contributed by atoms with van der Waals surface area (Å²) in [5.74, 6) is -4.14. The van der Waals surface area contributed by atoms with Gasteiger partial charge in [-0.2, -0.15) is 0 Å². The van der Waals surface area contributed by atoms with Crippen LogP contribution in [0.4, 0.5) is 8.78 Å². The van der Waals surface area contributed by atoms with Gasteiger partial charge in [0.25, 0.3) is 5.91 Å². The Labute approximate surface area is 243 Å². The van der Waals surface area contributed by atoms with Crippen molar-refractivity contribution >= 4 is 11.9 Å². The minimum atomic E-state index is -1.03. The number of piperidine rings is 1. The molecule has 2 aliphatic rings. The van der Waals surface area contributed by atoms with E-state index in [9.17, 15) is 28.6 Å². The summed E-state index contributed by atoms with van der Waals surface area (Å²) in [5.41, 5.74) is 1.23. The van der Waals surface area contributed by atoms with Crippen molar-refractivity contribution in [2.45, 2.75) is 56.7 Å². The molecule has 1 aliphatic carbocycles. The molecule has 11 heteroatoms. The number of aliphatic hydroxyl groups is 1. The van der Waals surface area contributed by atoms with Crippen molar-refractivity contribution in [2.75, 3.05) is 26.7 Å². The number of likely N-dealkylation sites (N-methyl/N-ethyl adjacent to an activating group) is 1. The van der Waals surface area contributed by atoms with Crippen LogP contribution >= 0.6 is 0 Å². The molecule has 0 radical (unpaired) electrons. The molecule has 1 amide bonds. The van der Waals surface area contributed by atoms with E-state index in [4.69, 9.17) is 4.52 Å². The highest BCUT2D eigenvalue weighted by molar-refractivity contribution is 5.93. The number of nitrogens with zero attached hydrogens (tertiary/aromatic N) is 2. The molecule has 0 bridgehead atoms. The van der Waals surface area contributed by atoms with E-state index in [1.165, 1.54) is 17.7 Å². The lowest BCUT2D eigenvalue weighted by atomic mass is 9.86. The van der Waals surface area contributed by atoms with Crippen LogP contribution < -0.4 is 10.6 Å². The molecule has 226 valence electrons. The van der Waals surface area contributed by atoms with Crippen molar-refractivity contribution in [3.05, 3.63) is 77.5 Å². The summed E-state index contributed by atoms with van der Waals surface area (Å²) in [5, 5.41) is 29.5. The molecule has 2 fully saturated rings. The maximum atomic E-state index is 14.0. The van der Waals surface area contributed by atoms with Gasteiger partial charge in [0.05, 0.1) is 17.6 Å². The van der Waals surface area contributed by atoms with E-state index in [0.717, 1.165) is 38.3 Å². The quantitative estimate of drug-likeness (QED) is 0.314. The van der Waals surface area contributed by atoms with E-state index >= 15 is 0 Å². The maximum Gasteiger partial charge on any atom is 0.309 e. The smallest absolute Gasteiger partial charge is 0.309 e. The first-order valence-corrected chi connectivity index (χ1v) is 14.3. The Morgan fingerprint density at radius 3 is 2.52 bits per heavy atom. The SMILES string of the molecule is CNCCc1ccccc1.O=C(N[C@@H]1CCN(C2CCCCC2O)C[C@H]1C(=O)O)c1cc(-c2ccc(F)cc2F)on1. The third-order valence-electron chi connectivity index (χ3n) is 7.89. The van der Waals surface area contributed by atoms with E-state index in [1.807, 2.05) is 18.0 Å². The maximum absolute atomic E-state index is 14.0. The van der Waals surface area contributed by atoms with Crippen molar-refractivity contribution in [3.8, 4) is 11.3 Å². The fraction of sp³-hybridized carbons (Fsp3) is 0.452. The van der Waals surface area contributed by atoms with Crippen LogP contribution in [-0.4, -0.2) is 77.0 Å². The fourth-order valence-electron chi connectivity index (χ4n) is 5.57. The zero-order chi connectivity index (χ0) is 30.1. The second-order valence-corrected chi connectivity index (χ2v) is 10.8. The van der Waals surface area contributed by atoms with Crippen LogP contribution in [0.25, 0.3) is 11.3 Å². The number of halogens is 2. The number of aliphatic hydroxyl groups excluding tert-OH is 1. The molecule has 4 N–H and O–H groups in total. The van der Waals surface area contributed by atoms with Gasteiger partial charge in [-0.3, -0.25) is 14.5 Å². The topological polar surface area (TPSA) is 128 Å². The Balaban J connectivity index is 0.000000343. The van der Waals surface area contributed by atoms with E-state index in [0.29, 0.717) is 25.5 Å². The second-order valence-electron chi connectivity index (χ2n) is 10.8. The Hall–Kier alpha value is -3.67. The first-order valence-electron chi connectivity index (χ1n) is 14.3. The number of benzene rings is 2. The first kappa shape index (κ1) is 31.3. The third kappa shape index (κ3) is 8.21. The predicted octanol–water partition coefficient (Wildman–Crippen LogP) is 3.88. The van der Waals surface area contributed by atoms with Gasteiger partial charge in [-0.1, -0.05) is 48.3 Å². The van der Waals surface area contributed by atoms with Crippen molar-refractivity contribution in [1.29, 1.82) is 0 Å². The highest BCUT2D eigenvalue weighted by Gasteiger charge is 2.40. The number of carbonyl (C=O) groups is 2. The molecule has 1 aromatic heterocycles. The highest BCUT2D eigenvalue weighted by atomic mass is 19.1. The summed E-state index contributed by atoms with van der Waals surface area (Å²) in [7, 11) is 1.98. The molecular weight excluding hydrogens is 546 g/mol.